The molecule has 1 atom stereocenters. The van der Waals surface area contributed by atoms with Crippen LogP contribution in [0.1, 0.15) is 30.0 Å². The maximum atomic E-state index is 11.2. The highest BCUT2D eigenvalue weighted by Crippen LogP contribution is 2.37. The fraction of sp³-hybridized carbons (Fsp3) is 0.250. The fourth-order valence-electron chi connectivity index (χ4n) is 2.91. The van der Waals surface area contributed by atoms with Crippen LogP contribution in [0, 0.1) is 10.1 Å². The molecule has 1 unspecified atom stereocenters. The lowest BCUT2D eigenvalue weighted by atomic mass is 9.87. The molecule has 0 bridgehead atoms. The van der Waals surface area contributed by atoms with Gasteiger partial charge in [0.1, 0.15) is 10.7 Å². The number of halogens is 1. The summed E-state index contributed by atoms with van der Waals surface area (Å²) in [5.74, 6) is 0. The Morgan fingerprint density at radius 2 is 2.00 bits per heavy atom. The molecule has 0 aromatic heterocycles. The average Bonchev–Trinajstić information content (AvgIpc) is 2.47. The van der Waals surface area contributed by atoms with Crippen LogP contribution in [0.15, 0.2) is 42.5 Å². The number of aryl methyl sites for hydroxylation is 1. The summed E-state index contributed by atoms with van der Waals surface area (Å²) in [5.41, 5.74) is 2.96. The van der Waals surface area contributed by atoms with Crippen molar-refractivity contribution >= 4 is 23.0 Å². The van der Waals surface area contributed by atoms with Crippen LogP contribution in [0.3, 0.4) is 0 Å². The molecule has 0 aliphatic heterocycles. The largest absolute Gasteiger partial charge is 0.373 e. The fourth-order valence-corrected chi connectivity index (χ4v) is 3.15. The highest BCUT2D eigenvalue weighted by Gasteiger charge is 2.24. The number of fused-ring (bicyclic) bond motifs is 1. The van der Waals surface area contributed by atoms with Crippen LogP contribution in [-0.2, 0) is 6.42 Å². The lowest BCUT2D eigenvalue weighted by Crippen LogP contribution is -2.17. The molecule has 2 aromatic carbocycles. The van der Waals surface area contributed by atoms with Crippen molar-refractivity contribution in [2.75, 3.05) is 5.32 Å². The van der Waals surface area contributed by atoms with Gasteiger partial charge in [0.2, 0.25) is 0 Å². The van der Waals surface area contributed by atoms with Crippen molar-refractivity contribution in [2.45, 2.75) is 25.3 Å². The standard InChI is InChI=1S/C16H15ClN2O2/c17-13-8-4-10-15(16(13)19(20)21)18-14-9-3-6-11-5-1-2-7-12(11)14/h1-2,4-5,7-8,10,14,18H,3,6,9H2. The van der Waals surface area contributed by atoms with Gasteiger partial charge in [-0.25, -0.2) is 0 Å². The number of hydrogen-bond donors (Lipinski definition) is 1. The third kappa shape index (κ3) is 2.72. The first-order valence-corrected chi connectivity index (χ1v) is 7.32. The summed E-state index contributed by atoms with van der Waals surface area (Å²) >= 11 is 5.96. The van der Waals surface area contributed by atoms with E-state index in [2.05, 4.69) is 17.4 Å². The SMILES string of the molecule is O=[N+]([O-])c1c(Cl)cccc1NC1CCCc2ccccc21. The number of nitrogens with zero attached hydrogens (tertiary/aromatic N) is 1. The van der Waals surface area contributed by atoms with E-state index >= 15 is 0 Å². The minimum atomic E-state index is -0.431. The molecule has 108 valence electrons. The quantitative estimate of drug-likeness (QED) is 0.658. The molecular weight excluding hydrogens is 288 g/mol. The molecule has 21 heavy (non-hydrogen) atoms. The first-order chi connectivity index (χ1) is 10.2. The van der Waals surface area contributed by atoms with Gasteiger partial charge in [-0.1, -0.05) is 41.9 Å². The molecule has 0 radical (unpaired) electrons. The van der Waals surface area contributed by atoms with E-state index in [-0.39, 0.29) is 16.8 Å². The van der Waals surface area contributed by atoms with E-state index in [4.69, 9.17) is 11.6 Å². The summed E-state index contributed by atoms with van der Waals surface area (Å²) in [7, 11) is 0. The first-order valence-electron chi connectivity index (χ1n) is 6.94. The van der Waals surface area contributed by atoms with Gasteiger partial charge in [-0.15, -0.1) is 0 Å². The monoisotopic (exact) mass is 302 g/mol. The van der Waals surface area contributed by atoms with Gasteiger partial charge >= 0.3 is 5.69 Å². The van der Waals surface area contributed by atoms with Crippen LogP contribution in [0.25, 0.3) is 0 Å². The minimum absolute atomic E-state index is 0.0535. The molecule has 3 rings (SSSR count). The zero-order valence-corrected chi connectivity index (χ0v) is 12.1. The normalized spacial score (nSPS) is 17.1. The van der Waals surface area contributed by atoms with Crippen LogP contribution in [0.2, 0.25) is 5.02 Å². The summed E-state index contributed by atoms with van der Waals surface area (Å²) in [6.45, 7) is 0. The van der Waals surface area contributed by atoms with Crippen molar-refractivity contribution in [3.8, 4) is 0 Å². The summed E-state index contributed by atoms with van der Waals surface area (Å²) in [6, 6.07) is 13.3. The highest BCUT2D eigenvalue weighted by atomic mass is 35.5. The van der Waals surface area contributed by atoms with Gasteiger partial charge in [-0.3, -0.25) is 10.1 Å². The molecule has 0 spiro atoms. The average molecular weight is 303 g/mol. The van der Waals surface area contributed by atoms with Crippen LogP contribution in [-0.4, -0.2) is 4.92 Å². The molecule has 0 saturated heterocycles. The van der Waals surface area contributed by atoms with Gasteiger partial charge in [-0.05, 0) is 42.5 Å². The second kappa shape index (κ2) is 5.74. The molecular formula is C16H15ClN2O2. The van der Waals surface area contributed by atoms with E-state index in [1.54, 1.807) is 18.2 Å². The van der Waals surface area contributed by atoms with E-state index < -0.39 is 4.92 Å². The molecule has 1 aliphatic rings. The topological polar surface area (TPSA) is 55.2 Å². The Morgan fingerprint density at radius 1 is 1.19 bits per heavy atom. The number of anilines is 1. The summed E-state index contributed by atoms with van der Waals surface area (Å²) in [6.07, 6.45) is 3.09. The molecule has 0 heterocycles. The lowest BCUT2D eigenvalue weighted by molar-refractivity contribution is -0.383. The van der Waals surface area contributed by atoms with Crippen LogP contribution >= 0.6 is 11.6 Å². The smallest absolute Gasteiger partial charge is 0.310 e. The summed E-state index contributed by atoms with van der Waals surface area (Å²) in [5, 5.41) is 14.7. The number of benzene rings is 2. The molecule has 4 nitrogen and oxygen atoms in total. The Hall–Kier alpha value is -2.07. The van der Waals surface area contributed by atoms with E-state index in [1.807, 2.05) is 12.1 Å². The Morgan fingerprint density at radius 3 is 2.81 bits per heavy atom. The van der Waals surface area contributed by atoms with Crippen molar-refractivity contribution in [2.24, 2.45) is 0 Å². The Balaban J connectivity index is 1.96. The molecule has 0 fully saturated rings. The van der Waals surface area contributed by atoms with E-state index in [1.165, 1.54) is 11.1 Å². The maximum Gasteiger partial charge on any atom is 0.310 e. The summed E-state index contributed by atoms with van der Waals surface area (Å²) < 4.78 is 0. The molecule has 1 N–H and O–H groups in total. The molecule has 0 amide bonds. The number of para-hydroxylation sites is 1. The number of hydrogen-bond acceptors (Lipinski definition) is 3. The lowest BCUT2D eigenvalue weighted by Gasteiger charge is -2.27. The van der Waals surface area contributed by atoms with Crippen molar-refractivity contribution < 1.29 is 4.92 Å². The third-order valence-electron chi connectivity index (χ3n) is 3.87. The van der Waals surface area contributed by atoms with E-state index in [9.17, 15) is 10.1 Å². The van der Waals surface area contributed by atoms with Crippen molar-refractivity contribution in [1.29, 1.82) is 0 Å². The number of nitro benzene ring substituents is 1. The van der Waals surface area contributed by atoms with E-state index in [0.29, 0.717) is 5.69 Å². The van der Waals surface area contributed by atoms with Gasteiger partial charge in [-0.2, -0.15) is 0 Å². The Labute approximate surface area is 127 Å². The third-order valence-corrected chi connectivity index (χ3v) is 4.17. The van der Waals surface area contributed by atoms with E-state index in [0.717, 1.165) is 19.3 Å². The van der Waals surface area contributed by atoms with Crippen molar-refractivity contribution in [1.82, 2.24) is 0 Å². The van der Waals surface area contributed by atoms with Gasteiger partial charge in [0.05, 0.1) is 11.0 Å². The number of rotatable bonds is 3. The Kier molecular flexibility index (Phi) is 3.80. The zero-order chi connectivity index (χ0) is 14.8. The maximum absolute atomic E-state index is 11.2. The second-order valence-corrected chi connectivity index (χ2v) is 5.59. The molecule has 2 aromatic rings. The van der Waals surface area contributed by atoms with Gasteiger partial charge in [0.15, 0.2) is 0 Å². The van der Waals surface area contributed by atoms with Gasteiger partial charge in [0, 0.05) is 0 Å². The second-order valence-electron chi connectivity index (χ2n) is 5.18. The predicted octanol–water partition coefficient (Wildman–Crippen LogP) is 4.74. The van der Waals surface area contributed by atoms with Crippen molar-refractivity contribution in [3.05, 3.63) is 68.7 Å². The van der Waals surface area contributed by atoms with Crippen LogP contribution in [0.5, 0.6) is 0 Å². The predicted molar refractivity (Wildman–Crippen MR) is 83.9 cm³/mol. The first kappa shape index (κ1) is 13.9. The molecule has 1 aliphatic carbocycles. The zero-order valence-electron chi connectivity index (χ0n) is 11.4. The van der Waals surface area contributed by atoms with Gasteiger partial charge < -0.3 is 5.32 Å². The number of nitro groups is 1. The molecule has 0 saturated carbocycles. The van der Waals surface area contributed by atoms with Crippen LogP contribution < -0.4 is 5.32 Å². The Bertz CT molecular complexity index is 688. The highest BCUT2D eigenvalue weighted by molar-refractivity contribution is 6.33. The molecule has 5 heteroatoms. The minimum Gasteiger partial charge on any atom is -0.373 e. The summed E-state index contributed by atoms with van der Waals surface area (Å²) in [4.78, 5) is 10.8. The number of nitrogens with one attached hydrogen (secondary N) is 1. The van der Waals surface area contributed by atoms with Crippen molar-refractivity contribution in [3.63, 3.8) is 0 Å². The van der Waals surface area contributed by atoms with Crippen LogP contribution in [0.4, 0.5) is 11.4 Å². The van der Waals surface area contributed by atoms with Gasteiger partial charge in [0.25, 0.3) is 0 Å².